The van der Waals surface area contributed by atoms with Gasteiger partial charge in [-0.25, -0.2) is 8.42 Å². The summed E-state index contributed by atoms with van der Waals surface area (Å²) in [6, 6.07) is 8.06. The van der Waals surface area contributed by atoms with Crippen molar-refractivity contribution in [2.45, 2.75) is 17.9 Å². The Morgan fingerprint density at radius 3 is 2.40 bits per heavy atom. The van der Waals surface area contributed by atoms with Gasteiger partial charge in [-0.3, -0.25) is 0 Å². The highest BCUT2D eigenvalue weighted by Gasteiger charge is 2.13. The zero-order valence-electron chi connectivity index (χ0n) is 8.09. The fourth-order valence-corrected chi connectivity index (χ4v) is 2.83. The predicted octanol–water partition coefficient (Wildman–Crippen LogP) is 2.08. The molecule has 1 atom stereocenters. The van der Waals surface area contributed by atoms with Crippen LogP contribution in [-0.4, -0.2) is 19.6 Å². The number of hydrogen-bond donors (Lipinski definition) is 1. The molecule has 0 aliphatic heterocycles. The lowest BCUT2D eigenvalue weighted by Crippen LogP contribution is -2.03. The minimum Gasteiger partial charge on any atom is -0.388 e. The Morgan fingerprint density at radius 1 is 1.40 bits per heavy atom. The van der Waals surface area contributed by atoms with E-state index in [9.17, 15) is 8.42 Å². The average Bonchev–Trinajstić information content (AvgIpc) is 2.18. The van der Waals surface area contributed by atoms with Gasteiger partial charge in [0.1, 0.15) is 0 Å². The number of sulfone groups is 1. The first-order valence-corrected chi connectivity index (χ1v) is 6.63. The normalized spacial score (nSPS) is 15.0. The van der Waals surface area contributed by atoms with Crippen molar-refractivity contribution >= 4 is 25.8 Å². The Morgan fingerprint density at radius 2 is 1.93 bits per heavy atom. The number of rotatable bonds is 3. The Labute approximate surface area is 97.5 Å². The van der Waals surface area contributed by atoms with Crippen LogP contribution in [0.25, 0.3) is 0 Å². The first-order valence-electron chi connectivity index (χ1n) is 4.29. The second kappa shape index (κ2) is 4.92. The maximum Gasteiger partial charge on any atom is 0.200 e. The maximum absolute atomic E-state index is 11.7. The highest BCUT2D eigenvalue weighted by Crippen LogP contribution is 2.18. The van der Waals surface area contributed by atoms with E-state index in [0.29, 0.717) is 0 Å². The summed E-state index contributed by atoms with van der Waals surface area (Å²) in [6.07, 6.45) is -0.830. The fourth-order valence-electron chi connectivity index (χ4n) is 0.925. The van der Waals surface area contributed by atoms with Gasteiger partial charge in [0, 0.05) is 9.89 Å². The molecule has 0 fully saturated rings. The van der Waals surface area contributed by atoms with Gasteiger partial charge in [0.2, 0.25) is 9.84 Å². The molecule has 0 aliphatic carbocycles. The molecule has 0 heterocycles. The summed E-state index contributed by atoms with van der Waals surface area (Å²) in [6.45, 7) is 1.49. The molecule has 0 amide bonds. The zero-order valence-corrected chi connectivity index (χ0v) is 10.5. The third-order valence-corrected chi connectivity index (χ3v) is 4.43. The van der Waals surface area contributed by atoms with Crippen molar-refractivity contribution in [3.05, 3.63) is 40.2 Å². The van der Waals surface area contributed by atoms with Gasteiger partial charge in [0.15, 0.2) is 0 Å². The lowest BCUT2D eigenvalue weighted by Gasteiger charge is -2.03. The molecule has 0 aliphatic rings. The first-order chi connectivity index (χ1) is 6.93. The number of hydrogen-bond acceptors (Lipinski definition) is 3. The van der Waals surface area contributed by atoms with E-state index < -0.39 is 15.9 Å². The van der Waals surface area contributed by atoms with Crippen LogP contribution in [0.5, 0.6) is 0 Å². The van der Waals surface area contributed by atoms with Crippen molar-refractivity contribution in [3.8, 4) is 0 Å². The molecule has 0 bridgehead atoms. The number of halogens is 1. The van der Waals surface area contributed by atoms with Crippen LogP contribution in [0.1, 0.15) is 6.92 Å². The van der Waals surface area contributed by atoms with Crippen LogP contribution in [0.2, 0.25) is 0 Å². The molecular formula is C10H11BrO3S. The van der Waals surface area contributed by atoms with Gasteiger partial charge in [-0.15, -0.1) is 0 Å². The number of aliphatic hydroxyl groups is 1. The van der Waals surface area contributed by atoms with Crippen LogP contribution in [0.15, 0.2) is 45.1 Å². The molecule has 0 spiro atoms. The summed E-state index contributed by atoms with van der Waals surface area (Å²) < 4.78 is 23.7. The smallest absolute Gasteiger partial charge is 0.200 e. The molecule has 5 heteroatoms. The summed E-state index contributed by atoms with van der Waals surface area (Å²) in [5, 5.41) is 10.2. The Hall–Kier alpha value is -0.650. The molecule has 0 aromatic heterocycles. The van der Waals surface area contributed by atoms with Crippen molar-refractivity contribution in [2.24, 2.45) is 0 Å². The summed E-state index contributed by atoms with van der Waals surface area (Å²) in [4.78, 5) is 0.211. The van der Waals surface area contributed by atoms with E-state index in [0.717, 1.165) is 5.41 Å². The molecule has 1 N–H and O–H groups in total. The minimum atomic E-state index is -3.47. The van der Waals surface area contributed by atoms with E-state index >= 15 is 0 Å². The van der Waals surface area contributed by atoms with E-state index in [1.807, 2.05) is 0 Å². The lowest BCUT2D eigenvalue weighted by molar-refractivity contribution is 0.241. The molecule has 1 rings (SSSR count). The van der Waals surface area contributed by atoms with Crippen LogP contribution in [0.4, 0.5) is 0 Å². The molecule has 0 saturated heterocycles. The molecule has 3 nitrogen and oxygen atoms in total. The van der Waals surface area contributed by atoms with Gasteiger partial charge >= 0.3 is 0 Å². The van der Waals surface area contributed by atoms with E-state index in [4.69, 9.17) is 5.11 Å². The molecule has 1 aromatic carbocycles. The van der Waals surface area contributed by atoms with Gasteiger partial charge in [-0.2, -0.15) is 0 Å². The summed E-state index contributed by atoms with van der Waals surface area (Å²) in [5.74, 6) is 0. The highest BCUT2D eigenvalue weighted by molar-refractivity contribution is 9.11. The Kier molecular flexibility index (Phi) is 4.07. The molecule has 1 unspecified atom stereocenters. The Bertz CT molecular complexity index is 449. The van der Waals surface area contributed by atoms with Crippen molar-refractivity contribution in [2.75, 3.05) is 0 Å². The largest absolute Gasteiger partial charge is 0.388 e. The van der Waals surface area contributed by atoms with Gasteiger partial charge in [-0.05, 0) is 19.1 Å². The standard InChI is InChI=1S/C10H11BrO3S/c1-8(12)10(11)7-15(13,14)9-5-3-2-4-6-9/h2-8,12H,1H3/b10-7+. The summed E-state index contributed by atoms with van der Waals surface area (Å²) >= 11 is 3.01. The van der Waals surface area contributed by atoms with Crippen molar-refractivity contribution in [1.29, 1.82) is 0 Å². The van der Waals surface area contributed by atoms with Crippen molar-refractivity contribution in [3.63, 3.8) is 0 Å². The summed E-state index contributed by atoms with van der Waals surface area (Å²) in [5.41, 5.74) is 0. The summed E-state index contributed by atoms with van der Waals surface area (Å²) in [7, 11) is -3.47. The quantitative estimate of drug-likeness (QED) is 0.927. The van der Waals surface area contributed by atoms with E-state index in [2.05, 4.69) is 15.9 Å². The third kappa shape index (κ3) is 3.44. The fraction of sp³-hybridized carbons (Fsp3) is 0.200. The predicted molar refractivity (Wildman–Crippen MR) is 62.3 cm³/mol. The number of benzene rings is 1. The number of aliphatic hydroxyl groups excluding tert-OH is 1. The molecule has 82 valence electrons. The van der Waals surface area contributed by atoms with Crippen LogP contribution in [0, 0.1) is 0 Å². The molecular weight excluding hydrogens is 280 g/mol. The molecule has 15 heavy (non-hydrogen) atoms. The average molecular weight is 291 g/mol. The molecule has 1 aromatic rings. The van der Waals surface area contributed by atoms with Gasteiger partial charge in [0.25, 0.3) is 0 Å². The highest BCUT2D eigenvalue weighted by atomic mass is 79.9. The van der Waals surface area contributed by atoms with Crippen molar-refractivity contribution in [1.82, 2.24) is 0 Å². The van der Waals surface area contributed by atoms with Gasteiger partial charge in [0.05, 0.1) is 11.0 Å². The van der Waals surface area contributed by atoms with E-state index in [1.165, 1.54) is 19.1 Å². The lowest BCUT2D eigenvalue weighted by atomic mass is 10.4. The van der Waals surface area contributed by atoms with Crippen LogP contribution in [-0.2, 0) is 9.84 Å². The second-order valence-corrected chi connectivity index (χ2v) is 5.75. The monoisotopic (exact) mass is 290 g/mol. The topological polar surface area (TPSA) is 54.4 Å². The Balaban J connectivity index is 3.11. The van der Waals surface area contributed by atoms with Gasteiger partial charge in [-0.1, -0.05) is 34.1 Å². The second-order valence-electron chi connectivity index (χ2n) is 3.04. The molecule has 0 radical (unpaired) electrons. The van der Waals surface area contributed by atoms with E-state index in [1.54, 1.807) is 18.2 Å². The zero-order chi connectivity index (χ0) is 11.5. The first kappa shape index (κ1) is 12.4. The van der Waals surface area contributed by atoms with E-state index in [-0.39, 0.29) is 9.38 Å². The van der Waals surface area contributed by atoms with Crippen LogP contribution >= 0.6 is 15.9 Å². The van der Waals surface area contributed by atoms with Crippen LogP contribution < -0.4 is 0 Å². The SMILES string of the molecule is CC(O)/C(Br)=C\S(=O)(=O)c1ccccc1. The maximum atomic E-state index is 11.7. The van der Waals surface area contributed by atoms with Gasteiger partial charge < -0.3 is 5.11 Å². The third-order valence-electron chi connectivity index (χ3n) is 1.74. The molecule has 0 saturated carbocycles. The minimum absolute atomic E-state index is 0.211. The van der Waals surface area contributed by atoms with Crippen molar-refractivity contribution < 1.29 is 13.5 Å². The van der Waals surface area contributed by atoms with Crippen LogP contribution in [0.3, 0.4) is 0 Å².